The van der Waals surface area contributed by atoms with Crippen LogP contribution in [0.3, 0.4) is 0 Å². The van der Waals surface area contributed by atoms with E-state index in [9.17, 15) is 0 Å². The number of ether oxygens (including phenoxy) is 2. The third-order valence-electron chi connectivity index (χ3n) is 2.26. The standard InChI is InChI=1S/C14H19O2/c1-6-11(4)12-7-8-13(16-10(2)3)14(9-12)15-5/h6-11H,1,4H2,2-3,5H3. The molecule has 0 aliphatic heterocycles. The summed E-state index contributed by atoms with van der Waals surface area (Å²) in [5.41, 5.74) is 1.07. The Morgan fingerprint density at radius 3 is 2.44 bits per heavy atom. The lowest BCUT2D eigenvalue weighted by atomic mass is 10.0. The third-order valence-corrected chi connectivity index (χ3v) is 2.26. The molecule has 0 fully saturated rings. The van der Waals surface area contributed by atoms with Crippen molar-refractivity contribution < 1.29 is 9.47 Å². The largest absolute Gasteiger partial charge is 0.493 e. The molecule has 0 heterocycles. The number of hydrogen-bond donors (Lipinski definition) is 0. The van der Waals surface area contributed by atoms with E-state index in [0.717, 1.165) is 17.1 Å². The van der Waals surface area contributed by atoms with Crippen LogP contribution < -0.4 is 9.47 Å². The van der Waals surface area contributed by atoms with E-state index >= 15 is 0 Å². The van der Waals surface area contributed by atoms with Gasteiger partial charge in [-0.3, -0.25) is 0 Å². The summed E-state index contributed by atoms with van der Waals surface area (Å²) in [6, 6.07) is 5.84. The molecule has 2 heteroatoms. The van der Waals surface area contributed by atoms with Gasteiger partial charge >= 0.3 is 0 Å². The lowest BCUT2D eigenvalue weighted by Crippen LogP contribution is -2.07. The van der Waals surface area contributed by atoms with Crippen molar-refractivity contribution in [3.63, 3.8) is 0 Å². The molecule has 1 unspecified atom stereocenters. The van der Waals surface area contributed by atoms with Gasteiger partial charge in [-0.1, -0.05) is 12.1 Å². The summed E-state index contributed by atoms with van der Waals surface area (Å²) < 4.78 is 10.9. The van der Waals surface area contributed by atoms with Crippen molar-refractivity contribution in [3.05, 3.63) is 43.3 Å². The molecule has 1 rings (SSSR count). The topological polar surface area (TPSA) is 18.5 Å². The van der Waals surface area contributed by atoms with Crippen LogP contribution in [0.4, 0.5) is 0 Å². The maximum atomic E-state index is 5.63. The van der Waals surface area contributed by atoms with Crippen molar-refractivity contribution in [3.8, 4) is 11.5 Å². The van der Waals surface area contributed by atoms with Crippen LogP contribution in [0.15, 0.2) is 30.9 Å². The van der Waals surface area contributed by atoms with Crippen molar-refractivity contribution in [2.75, 3.05) is 7.11 Å². The first-order chi connectivity index (χ1) is 7.58. The minimum absolute atomic E-state index is 0.0713. The summed E-state index contributed by atoms with van der Waals surface area (Å²) in [6.45, 7) is 11.7. The number of hydrogen-bond acceptors (Lipinski definition) is 2. The molecule has 2 nitrogen and oxygen atoms in total. The highest BCUT2D eigenvalue weighted by Crippen LogP contribution is 2.31. The van der Waals surface area contributed by atoms with Crippen LogP contribution >= 0.6 is 0 Å². The van der Waals surface area contributed by atoms with Gasteiger partial charge in [-0.25, -0.2) is 0 Å². The highest BCUT2D eigenvalue weighted by molar-refractivity contribution is 5.45. The molecule has 1 aromatic carbocycles. The molecule has 1 atom stereocenters. The Balaban J connectivity index is 3.01. The smallest absolute Gasteiger partial charge is 0.161 e. The molecule has 0 spiro atoms. The number of methoxy groups -OCH3 is 1. The van der Waals surface area contributed by atoms with Crippen LogP contribution in [0.2, 0.25) is 0 Å². The Bertz CT molecular complexity index is 356. The third kappa shape index (κ3) is 3.02. The van der Waals surface area contributed by atoms with Crippen LogP contribution in [0.1, 0.15) is 25.3 Å². The van der Waals surface area contributed by atoms with E-state index in [1.165, 1.54) is 0 Å². The summed E-state index contributed by atoms with van der Waals surface area (Å²) in [6.07, 6.45) is 1.94. The molecule has 0 saturated carbocycles. The Kier molecular flexibility index (Phi) is 4.41. The van der Waals surface area contributed by atoms with E-state index < -0.39 is 0 Å². The molecule has 0 aliphatic carbocycles. The van der Waals surface area contributed by atoms with E-state index in [1.54, 1.807) is 13.2 Å². The molecule has 87 valence electrons. The molecular formula is C14H19O2. The average molecular weight is 219 g/mol. The SMILES string of the molecule is [CH2]C(C=C)c1ccc(OC(C)C)c(OC)c1. The molecule has 16 heavy (non-hydrogen) atoms. The van der Waals surface area contributed by atoms with E-state index in [4.69, 9.17) is 9.47 Å². The monoisotopic (exact) mass is 219 g/mol. The second-order valence-electron chi connectivity index (χ2n) is 3.92. The van der Waals surface area contributed by atoms with Gasteiger partial charge in [0, 0.05) is 5.92 Å². The molecule has 0 saturated heterocycles. The zero-order chi connectivity index (χ0) is 12.1. The van der Waals surface area contributed by atoms with Gasteiger partial charge in [-0.2, -0.15) is 0 Å². The van der Waals surface area contributed by atoms with E-state index in [2.05, 4.69) is 13.5 Å². The molecule has 0 bridgehead atoms. The van der Waals surface area contributed by atoms with Crippen molar-refractivity contribution in [1.82, 2.24) is 0 Å². The normalized spacial score (nSPS) is 12.3. The zero-order valence-electron chi connectivity index (χ0n) is 10.2. The highest BCUT2D eigenvalue weighted by Gasteiger charge is 2.09. The maximum Gasteiger partial charge on any atom is 0.161 e. The molecule has 0 N–H and O–H groups in total. The fraction of sp³-hybridized carbons (Fsp3) is 0.357. The summed E-state index contributed by atoms with van der Waals surface area (Å²) in [5, 5.41) is 0. The van der Waals surface area contributed by atoms with Crippen molar-refractivity contribution >= 4 is 0 Å². The first kappa shape index (κ1) is 12.6. The minimum Gasteiger partial charge on any atom is -0.493 e. The van der Waals surface area contributed by atoms with Gasteiger partial charge in [0.2, 0.25) is 0 Å². The van der Waals surface area contributed by atoms with Crippen LogP contribution in [-0.4, -0.2) is 13.2 Å². The predicted molar refractivity (Wildman–Crippen MR) is 67.1 cm³/mol. The van der Waals surface area contributed by atoms with Gasteiger partial charge in [0.25, 0.3) is 0 Å². The van der Waals surface area contributed by atoms with Gasteiger partial charge in [-0.05, 0) is 38.5 Å². The fourth-order valence-corrected chi connectivity index (χ4v) is 1.40. The zero-order valence-corrected chi connectivity index (χ0v) is 10.2. The average Bonchev–Trinajstić information content (AvgIpc) is 2.27. The van der Waals surface area contributed by atoms with Gasteiger partial charge in [0.1, 0.15) is 0 Å². The van der Waals surface area contributed by atoms with Crippen molar-refractivity contribution in [2.45, 2.75) is 25.9 Å². The van der Waals surface area contributed by atoms with Gasteiger partial charge in [0.05, 0.1) is 13.2 Å². The Morgan fingerprint density at radius 2 is 1.94 bits per heavy atom. The highest BCUT2D eigenvalue weighted by atomic mass is 16.5. The summed E-state index contributed by atoms with van der Waals surface area (Å²) in [7, 11) is 1.64. The molecular weight excluding hydrogens is 200 g/mol. The van der Waals surface area contributed by atoms with Gasteiger partial charge < -0.3 is 9.47 Å². The van der Waals surface area contributed by atoms with E-state index in [-0.39, 0.29) is 12.0 Å². The van der Waals surface area contributed by atoms with Gasteiger partial charge in [-0.15, -0.1) is 6.58 Å². The van der Waals surface area contributed by atoms with E-state index in [1.807, 2.05) is 32.0 Å². The molecule has 1 aromatic rings. The second-order valence-corrected chi connectivity index (χ2v) is 3.92. The van der Waals surface area contributed by atoms with Gasteiger partial charge in [0.15, 0.2) is 11.5 Å². The first-order valence-electron chi connectivity index (χ1n) is 5.38. The summed E-state index contributed by atoms with van der Waals surface area (Å²) in [4.78, 5) is 0. The number of benzene rings is 1. The Hall–Kier alpha value is -1.44. The van der Waals surface area contributed by atoms with Crippen LogP contribution in [0.5, 0.6) is 11.5 Å². The number of rotatable bonds is 5. The molecule has 1 radical (unpaired) electrons. The van der Waals surface area contributed by atoms with Crippen molar-refractivity contribution in [1.29, 1.82) is 0 Å². The number of allylic oxidation sites excluding steroid dienone is 1. The Morgan fingerprint density at radius 1 is 1.25 bits per heavy atom. The summed E-state index contributed by atoms with van der Waals surface area (Å²) in [5.74, 6) is 1.57. The molecule has 0 aromatic heterocycles. The molecule has 0 aliphatic rings. The fourth-order valence-electron chi connectivity index (χ4n) is 1.40. The van der Waals surface area contributed by atoms with E-state index in [0.29, 0.717) is 0 Å². The maximum absolute atomic E-state index is 5.63. The quantitative estimate of drug-likeness (QED) is 0.705. The summed E-state index contributed by atoms with van der Waals surface area (Å²) >= 11 is 0. The van der Waals surface area contributed by atoms with Crippen LogP contribution in [0.25, 0.3) is 0 Å². The Labute approximate surface area is 97.9 Å². The van der Waals surface area contributed by atoms with Crippen LogP contribution in [0, 0.1) is 6.92 Å². The lowest BCUT2D eigenvalue weighted by Gasteiger charge is -2.15. The van der Waals surface area contributed by atoms with Crippen LogP contribution in [-0.2, 0) is 0 Å². The second kappa shape index (κ2) is 5.59. The lowest BCUT2D eigenvalue weighted by molar-refractivity contribution is 0.230. The predicted octanol–water partition coefficient (Wildman–Crippen LogP) is 3.59. The van der Waals surface area contributed by atoms with Crippen molar-refractivity contribution in [2.24, 2.45) is 0 Å². The molecule has 0 amide bonds. The minimum atomic E-state index is 0.0713. The first-order valence-corrected chi connectivity index (χ1v) is 5.38.